The molecule has 2 unspecified atom stereocenters. The molecule has 4 N–H and O–H groups in total. The van der Waals surface area contributed by atoms with Crippen molar-refractivity contribution in [3.05, 3.63) is 35.1 Å². The fourth-order valence-electron chi connectivity index (χ4n) is 2.01. The lowest BCUT2D eigenvalue weighted by Gasteiger charge is -2.27. The van der Waals surface area contributed by atoms with Crippen molar-refractivity contribution in [1.82, 2.24) is 0 Å². The third-order valence-corrected chi connectivity index (χ3v) is 3.97. The van der Waals surface area contributed by atoms with Gasteiger partial charge in [0.25, 0.3) is 0 Å². The molecular formula is C12H12FN5S. The molecule has 19 heavy (non-hydrogen) atoms. The lowest BCUT2D eigenvalue weighted by Crippen LogP contribution is -2.47. The molecule has 1 aromatic rings. The van der Waals surface area contributed by atoms with Crippen molar-refractivity contribution in [2.75, 3.05) is 0 Å². The van der Waals surface area contributed by atoms with Crippen LogP contribution in [0.3, 0.4) is 0 Å². The van der Waals surface area contributed by atoms with Crippen LogP contribution in [0.25, 0.3) is 0 Å². The van der Waals surface area contributed by atoms with Crippen LogP contribution in [0.2, 0.25) is 0 Å². The van der Waals surface area contributed by atoms with Crippen LogP contribution >= 0.6 is 11.8 Å². The number of aryl methyl sites for hydroxylation is 1. The molecule has 1 aromatic carbocycles. The first kappa shape index (κ1) is 12.5. The van der Waals surface area contributed by atoms with E-state index in [-0.39, 0.29) is 5.82 Å². The van der Waals surface area contributed by atoms with E-state index in [0.29, 0.717) is 21.9 Å². The first-order chi connectivity index (χ1) is 9.00. The lowest BCUT2D eigenvalue weighted by molar-refractivity contribution is 0.596. The van der Waals surface area contributed by atoms with Gasteiger partial charge < -0.3 is 5.73 Å². The Morgan fingerprint density at radius 2 is 2.21 bits per heavy atom. The normalized spacial score (nSPS) is 28.9. The molecule has 7 heteroatoms. The summed E-state index contributed by atoms with van der Waals surface area (Å²) in [7, 11) is 0. The van der Waals surface area contributed by atoms with Gasteiger partial charge in [-0.1, -0.05) is 23.9 Å². The molecule has 0 radical (unpaired) electrons. The molecule has 98 valence electrons. The third-order valence-electron chi connectivity index (χ3n) is 3.10. The van der Waals surface area contributed by atoms with Gasteiger partial charge in [-0.3, -0.25) is 10.7 Å². The van der Waals surface area contributed by atoms with Gasteiger partial charge in [0.1, 0.15) is 22.9 Å². The summed E-state index contributed by atoms with van der Waals surface area (Å²) in [5.41, 5.74) is 12.0. The minimum absolute atomic E-state index is 0.322. The van der Waals surface area contributed by atoms with E-state index >= 15 is 0 Å². The first-order valence-corrected chi connectivity index (χ1v) is 6.56. The van der Waals surface area contributed by atoms with Gasteiger partial charge in [0.05, 0.1) is 0 Å². The molecule has 3 rings (SSSR count). The molecule has 0 saturated heterocycles. The van der Waals surface area contributed by atoms with E-state index in [0.717, 1.165) is 0 Å². The first-order valence-electron chi connectivity index (χ1n) is 5.68. The van der Waals surface area contributed by atoms with Crippen molar-refractivity contribution in [3.63, 3.8) is 0 Å². The zero-order chi connectivity index (χ0) is 13.6. The number of rotatable bonds is 1. The molecule has 0 spiro atoms. The molecule has 0 amide bonds. The van der Waals surface area contributed by atoms with E-state index in [4.69, 9.17) is 11.5 Å². The van der Waals surface area contributed by atoms with Crippen LogP contribution in [0.5, 0.6) is 0 Å². The quantitative estimate of drug-likeness (QED) is 0.806. The number of halogens is 1. The number of aliphatic imine (C=N–C) groups is 3. The maximum Gasteiger partial charge on any atom is 0.181 e. The summed E-state index contributed by atoms with van der Waals surface area (Å²) >= 11 is 1.31. The number of nitrogens with zero attached hydrogens (tertiary/aromatic N) is 3. The van der Waals surface area contributed by atoms with Crippen molar-refractivity contribution in [2.24, 2.45) is 26.4 Å². The smallest absolute Gasteiger partial charge is 0.181 e. The van der Waals surface area contributed by atoms with Crippen LogP contribution in [0.4, 0.5) is 4.39 Å². The van der Waals surface area contributed by atoms with E-state index in [1.54, 1.807) is 19.1 Å². The van der Waals surface area contributed by atoms with Gasteiger partial charge in [0.15, 0.2) is 11.2 Å². The zero-order valence-corrected chi connectivity index (χ0v) is 11.0. The van der Waals surface area contributed by atoms with Crippen LogP contribution in [0.1, 0.15) is 11.1 Å². The van der Waals surface area contributed by atoms with Crippen molar-refractivity contribution >= 4 is 28.9 Å². The average molecular weight is 277 g/mol. The molecule has 2 atom stereocenters. The van der Waals surface area contributed by atoms with Crippen LogP contribution < -0.4 is 11.5 Å². The van der Waals surface area contributed by atoms with Crippen LogP contribution in [0.15, 0.2) is 33.2 Å². The van der Waals surface area contributed by atoms with E-state index in [1.807, 2.05) is 0 Å². The van der Waals surface area contributed by atoms with Gasteiger partial charge in [0.2, 0.25) is 0 Å². The number of hydrogen-bond acceptors (Lipinski definition) is 6. The summed E-state index contributed by atoms with van der Waals surface area (Å²) in [6.07, 6.45) is 1.37. The Labute approximate surface area is 113 Å². The molecule has 0 fully saturated rings. The summed E-state index contributed by atoms with van der Waals surface area (Å²) in [5.74, 6) is -0.322. The minimum atomic E-state index is -1.22. The fourth-order valence-corrected chi connectivity index (χ4v) is 2.82. The van der Waals surface area contributed by atoms with E-state index in [2.05, 4.69) is 15.0 Å². The fraction of sp³-hybridized carbons (Fsp3) is 0.250. The highest BCUT2D eigenvalue weighted by Gasteiger charge is 2.42. The molecule has 0 aliphatic carbocycles. The Morgan fingerprint density at radius 1 is 1.42 bits per heavy atom. The molecule has 2 heterocycles. The van der Waals surface area contributed by atoms with Gasteiger partial charge in [-0.25, -0.2) is 14.4 Å². The molecular weight excluding hydrogens is 265 g/mol. The highest BCUT2D eigenvalue weighted by Crippen LogP contribution is 2.33. The molecule has 5 nitrogen and oxygen atoms in total. The zero-order valence-electron chi connectivity index (χ0n) is 10.2. The van der Waals surface area contributed by atoms with Crippen molar-refractivity contribution < 1.29 is 4.39 Å². The number of hydrogen-bond donors (Lipinski definition) is 2. The minimum Gasteiger partial charge on any atom is -0.301 e. The molecule has 2 aliphatic heterocycles. The Bertz CT molecular complexity index is 639. The Kier molecular flexibility index (Phi) is 2.77. The second kappa shape index (κ2) is 4.22. The Balaban J connectivity index is 2.12. The van der Waals surface area contributed by atoms with Gasteiger partial charge in [-0.05, 0) is 18.6 Å². The van der Waals surface area contributed by atoms with Gasteiger partial charge >= 0.3 is 0 Å². The number of nitrogens with two attached hydrogens (primary N) is 2. The maximum atomic E-state index is 13.7. The number of thioether (sulfide) groups is 1. The summed E-state index contributed by atoms with van der Waals surface area (Å²) < 4.78 is 13.7. The SMILES string of the molecule is Cc1ccc(C2(N)N=CN=C3SC(N)N=C32)cc1F. The number of fused-ring (bicyclic) bond motifs is 1. The molecule has 2 aliphatic rings. The number of benzene rings is 1. The van der Waals surface area contributed by atoms with Crippen molar-refractivity contribution in [3.8, 4) is 0 Å². The van der Waals surface area contributed by atoms with E-state index in [9.17, 15) is 4.39 Å². The Morgan fingerprint density at radius 3 is 2.95 bits per heavy atom. The second-order valence-corrected chi connectivity index (χ2v) is 5.50. The topological polar surface area (TPSA) is 89.1 Å². The Hall–Kier alpha value is -1.57. The van der Waals surface area contributed by atoms with Gasteiger partial charge in [0, 0.05) is 5.56 Å². The van der Waals surface area contributed by atoms with Crippen molar-refractivity contribution in [1.29, 1.82) is 0 Å². The maximum absolute atomic E-state index is 13.7. The van der Waals surface area contributed by atoms with Crippen LogP contribution in [-0.4, -0.2) is 22.6 Å². The van der Waals surface area contributed by atoms with Gasteiger partial charge in [-0.2, -0.15) is 0 Å². The summed E-state index contributed by atoms with van der Waals surface area (Å²) in [5, 5.41) is 0.644. The summed E-state index contributed by atoms with van der Waals surface area (Å²) in [6.45, 7) is 1.69. The van der Waals surface area contributed by atoms with E-state index < -0.39 is 11.2 Å². The van der Waals surface area contributed by atoms with Crippen molar-refractivity contribution in [2.45, 2.75) is 18.1 Å². The predicted octanol–water partition coefficient (Wildman–Crippen LogP) is 1.12. The highest BCUT2D eigenvalue weighted by molar-refractivity contribution is 8.16. The standard InChI is InChI=1S/C12H12FN5S/c1-6-2-3-7(4-8(6)13)12(15)9-10(16-5-17-12)19-11(14)18-9/h2-5,11H,14-15H2,1H3. The van der Waals surface area contributed by atoms with Gasteiger partial charge in [-0.15, -0.1) is 0 Å². The average Bonchev–Trinajstić information content (AvgIpc) is 2.75. The van der Waals surface area contributed by atoms with E-state index in [1.165, 1.54) is 24.2 Å². The monoisotopic (exact) mass is 277 g/mol. The second-order valence-electron chi connectivity index (χ2n) is 4.40. The molecule has 0 bridgehead atoms. The largest absolute Gasteiger partial charge is 0.301 e. The van der Waals surface area contributed by atoms with Crippen LogP contribution in [-0.2, 0) is 5.66 Å². The van der Waals surface area contributed by atoms with Crippen LogP contribution in [0, 0.1) is 12.7 Å². The summed E-state index contributed by atoms with van der Waals surface area (Å²) in [6, 6.07) is 4.80. The molecule has 0 aromatic heterocycles. The molecule has 0 saturated carbocycles. The predicted molar refractivity (Wildman–Crippen MR) is 75.9 cm³/mol. The lowest BCUT2D eigenvalue weighted by atomic mass is 9.94. The third kappa shape index (κ3) is 1.90. The highest BCUT2D eigenvalue weighted by atomic mass is 32.2. The summed E-state index contributed by atoms with van der Waals surface area (Å²) in [4.78, 5) is 12.5.